The van der Waals surface area contributed by atoms with Gasteiger partial charge in [-0.1, -0.05) is 0 Å². The van der Waals surface area contributed by atoms with E-state index in [4.69, 9.17) is 4.74 Å². The van der Waals surface area contributed by atoms with Gasteiger partial charge in [0.1, 0.15) is 12.1 Å². The average Bonchev–Trinajstić information content (AvgIpc) is 2.71. The van der Waals surface area contributed by atoms with E-state index in [-0.39, 0.29) is 16.8 Å². The standard InChI is InChI=1S/C18H21N5O4S/c24-18(22-11-15(12-22)21-17-5-6-19-13-20-17)14-1-3-16(4-2-14)28(25,26)23-7-9-27-10-8-23/h1-6,13,15H,7-12H2,(H,19,20,21). The van der Waals surface area contributed by atoms with Crippen molar-refractivity contribution in [1.82, 2.24) is 19.2 Å². The van der Waals surface area contributed by atoms with E-state index in [1.807, 2.05) is 0 Å². The van der Waals surface area contributed by atoms with Crippen LogP contribution in [-0.4, -0.2) is 78.9 Å². The summed E-state index contributed by atoms with van der Waals surface area (Å²) < 4.78 is 31.9. The van der Waals surface area contributed by atoms with Gasteiger partial charge in [0.2, 0.25) is 10.0 Å². The number of hydrogen-bond donors (Lipinski definition) is 1. The number of anilines is 1. The third-order valence-corrected chi connectivity index (χ3v) is 6.72. The highest BCUT2D eigenvalue weighted by Gasteiger charge is 2.32. The summed E-state index contributed by atoms with van der Waals surface area (Å²) in [7, 11) is -3.55. The summed E-state index contributed by atoms with van der Waals surface area (Å²) in [6, 6.07) is 8.04. The van der Waals surface area contributed by atoms with Gasteiger partial charge in [-0.25, -0.2) is 18.4 Å². The largest absolute Gasteiger partial charge is 0.379 e. The third-order valence-electron chi connectivity index (χ3n) is 4.81. The van der Waals surface area contributed by atoms with Gasteiger partial charge in [-0.2, -0.15) is 4.31 Å². The molecule has 2 saturated heterocycles. The Hall–Kier alpha value is -2.56. The Balaban J connectivity index is 1.36. The first-order chi connectivity index (χ1) is 13.5. The number of rotatable bonds is 5. The summed E-state index contributed by atoms with van der Waals surface area (Å²) in [5.41, 5.74) is 0.474. The van der Waals surface area contributed by atoms with Crippen molar-refractivity contribution in [1.29, 1.82) is 0 Å². The summed E-state index contributed by atoms with van der Waals surface area (Å²) >= 11 is 0. The lowest BCUT2D eigenvalue weighted by atomic mass is 10.1. The lowest BCUT2D eigenvalue weighted by Crippen LogP contribution is -2.57. The molecule has 148 valence electrons. The Kier molecular flexibility index (Phi) is 5.25. The summed E-state index contributed by atoms with van der Waals surface area (Å²) in [5, 5.41) is 3.24. The Morgan fingerprint density at radius 1 is 1.11 bits per heavy atom. The Morgan fingerprint density at radius 3 is 2.46 bits per heavy atom. The highest BCUT2D eigenvalue weighted by atomic mass is 32.2. The molecule has 0 unspecified atom stereocenters. The molecular formula is C18H21N5O4S. The van der Waals surface area contributed by atoms with Crippen molar-refractivity contribution in [3.05, 3.63) is 48.4 Å². The normalized spacial score (nSPS) is 18.5. The van der Waals surface area contributed by atoms with Gasteiger partial charge in [-0.3, -0.25) is 4.79 Å². The van der Waals surface area contributed by atoms with Crippen molar-refractivity contribution in [2.24, 2.45) is 0 Å². The minimum absolute atomic E-state index is 0.115. The number of morpholine rings is 1. The van der Waals surface area contributed by atoms with E-state index in [0.717, 1.165) is 5.82 Å². The van der Waals surface area contributed by atoms with Gasteiger partial charge < -0.3 is 15.0 Å². The average molecular weight is 403 g/mol. The molecule has 1 aromatic carbocycles. The van der Waals surface area contributed by atoms with E-state index in [0.29, 0.717) is 45.0 Å². The predicted octanol–water partition coefficient (Wildman–Crippen LogP) is 0.434. The monoisotopic (exact) mass is 403 g/mol. The first-order valence-corrected chi connectivity index (χ1v) is 10.5. The van der Waals surface area contributed by atoms with E-state index in [9.17, 15) is 13.2 Å². The quantitative estimate of drug-likeness (QED) is 0.772. The zero-order valence-corrected chi connectivity index (χ0v) is 16.0. The van der Waals surface area contributed by atoms with Crippen molar-refractivity contribution in [3.8, 4) is 0 Å². The maximum atomic E-state index is 12.6. The molecule has 0 saturated carbocycles. The van der Waals surface area contributed by atoms with Crippen molar-refractivity contribution >= 4 is 21.7 Å². The minimum Gasteiger partial charge on any atom is -0.379 e. The molecule has 3 heterocycles. The zero-order chi connectivity index (χ0) is 19.6. The number of amides is 1. The van der Waals surface area contributed by atoms with E-state index >= 15 is 0 Å². The van der Waals surface area contributed by atoms with Crippen LogP contribution in [0.25, 0.3) is 0 Å². The number of sulfonamides is 1. The fourth-order valence-electron chi connectivity index (χ4n) is 3.21. The molecule has 0 atom stereocenters. The molecular weight excluding hydrogens is 382 g/mol. The van der Waals surface area contributed by atoms with Crippen LogP contribution in [0.4, 0.5) is 5.82 Å². The van der Waals surface area contributed by atoms with Gasteiger partial charge in [0.25, 0.3) is 5.91 Å². The molecule has 1 N–H and O–H groups in total. The highest BCUT2D eigenvalue weighted by molar-refractivity contribution is 7.89. The van der Waals surface area contributed by atoms with Crippen LogP contribution < -0.4 is 5.32 Å². The molecule has 4 rings (SSSR count). The molecule has 2 aliphatic rings. The molecule has 1 aromatic heterocycles. The van der Waals surface area contributed by atoms with Crippen molar-refractivity contribution < 1.29 is 17.9 Å². The second-order valence-corrected chi connectivity index (χ2v) is 8.62. The van der Waals surface area contributed by atoms with E-state index in [1.54, 1.807) is 29.3 Å². The first-order valence-electron chi connectivity index (χ1n) is 9.04. The SMILES string of the molecule is O=C(c1ccc(S(=O)(=O)N2CCOCC2)cc1)N1CC(Nc2ccncn2)C1. The number of nitrogens with zero attached hydrogens (tertiary/aromatic N) is 4. The maximum absolute atomic E-state index is 12.6. The molecule has 0 aliphatic carbocycles. The molecule has 0 radical (unpaired) electrons. The maximum Gasteiger partial charge on any atom is 0.253 e. The van der Waals surface area contributed by atoms with Gasteiger partial charge >= 0.3 is 0 Å². The Bertz CT molecular complexity index is 924. The Morgan fingerprint density at radius 2 is 1.82 bits per heavy atom. The van der Waals surface area contributed by atoms with Crippen LogP contribution in [0.2, 0.25) is 0 Å². The lowest BCUT2D eigenvalue weighted by molar-refractivity contribution is 0.0625. The van der Waals surface area contributed by atoms with Crippen molar-refractivity contribution in [2.45, 2.75) is 10.9 Å². The molecule has 2 aromatic rings. The van der Waals surface area contributed by atoms with Crippen molar-refractivity contribution in [3.63, 3.8) is 0 Å². The number of carbonyl (C=O) groups is 1. The summed E-state index contributed by atoms with van der Waals surface area (Å²) in [6.07, 6.45) is 3.12. The fraction of sp³-hybridized carbons (Fsp3) is 0.389. The smallest absolute Gasteiger partial charge is 0.253 e. The highest BCUT2D eigenvalue weighted by Crippen LogP contribution is 2.20. The van der Waals surface area contributed by atoms with Crippen LogP contribution in [0, 0.1) is 0 Å². The number of carbonyl (C=O) groups excluding carboxylic acids is 1. The molecule has 2 aliphatic heterocycles. The van der Waals surface area contributed by atoms with E-state index < -0.39 is 10.0 Å². The number of ether oxygens (including phenoxy) is 1. The summed E-state index contributed by atoms with van der Waals surface area (Å²) in [4.78, 5) is 22.5. The fourth-order valence-corrected chi connectivity index (χ4v) is 4.62. The second kappa shape index (κ2) is 7.82. The topological polar surface area (TPSA) is 105 Å². The van der Waals surface area contributed by atoms with Gasteiger partial charge in [-0.05, 0) is 30.3 Å². The zero-order valence-electron chi connectivity index (χ0n) is 15.2. The van der Waals surface area contributed by atoms with Gasteiger partial charge in [0.15, 0.2) is 0 Å². The lowest BCUT2D eigenvalue weighted by Gasteiger charge is -2.39. The van der Waals surface area contributed by atoms with Crippen LogP contribution in [-0.2, 0) is 14.8 Å². The van der Waals surface area contributed by atoms with Gasteiger partial charge in [0.05, 0.1) is 24.2 Å². The second-order valence-electron chi connectivity index (χ2n) is 6.69. The number of likely N-dealkylation sites (tertiary alicyclic amines) is 1. The minimum atomic E-state index is -3.55. The summed E-state index contributed by atoms with van der Waals surface area (Å²) in [6.45, 7) is 2.62. The first kappa shape index (κ1) is 18.8. The van der Waals surface area contributed by atoms with Crippen LogP contribution >= 0.6 is 0 Å². The molecule has 0 spiro atoms. The van der Waals surface area contributed by atoms with Crippen molar-refractivity contribution in [2.75, 3.05) is 44.7 Å². The number of hydrogen-bond acceptors (Lipinski definition) is 7. The van der Waals surface area contributed by atoms with Gasteiger partial charge in [0, 0.05) is 37.9 Å². The molecule has 0 bridgehead atoms. The van der Waals surface area contributed by atoms with Crippen LogP contribution in [0.5, 0.6) is 0 Å². The number of benzene rings is 1. The molecule has 10 heteroatoms. The van der Waals surface area contributed by atoms with E-state index in [2.05, 4.69) is 15.3 Å². The summed E-state index contributed by atoms with van der Waals surface area (Å²) in [5.74, 6) is 0.612. The Labute approximate surface area is 163 Å². The molecule has 1 amide bonds. The third kappa shape index (κ3) is 3.84. The number of aromatic nitrogens is 2. The van der Waals surface area contributed by atoms with Crippen LogP contribution in [0.1, 0.15) is 10.4 Å². The van der Waals surface area contributed by atoms with E-state index in [1.165, 1.54) is 22.8 Å². The van der Waals surface area contributed by atoms with Crippen LogP contribution in [0.3, 0.4) is 0 Å². The van der Waals surface area contributed by atoms with Gasteiger partial charge in [-0.15, -0.1) is 0 Å². The predicted molar refractivity (Wildman–Crippen MR) is 101 cm³/mol. The molecule has 28 heavy (non-hydrogen) atoms. The number of nitrogens with one attached hydrogen (secondary N) is 1. The molecule has 9 nitrogen and oxygen atoms in total. The van der Waals surface area contributed by atoms with Crippen LogP contribution in [0.15, 0.2) is 47.8 Å². The molecule has 2 fully saturated rings.